The van der Waals surface area contributed by atoms with E-state index in [1.165, 1.54) is 289 Å². The van der Waals surface area contributed by atoms with Crippen molar-refractivity contribution in [2.45, 2.75) is 497 Å². The van der Waals surface area contributed by atoms with Crippen LogP contribution in [0.3, 0.4) is 0 Å². The van der Waals surface area contributed by atoms with Crippen LogP contribution >= 0.6 is 0 Å². The topological polar surface area (TPSA) is 373 Å². The maximum atomic E-state index is 13.6. The molecule has 0 aliphatic carbocycles. The van der Waals surface area contributed by atoms with E-state index in [0.717, 1.165) is 51.9 Å². The Labute approximate surface area is 652 Å². The Balaban J connectivity index is 1.46. The van der Waals surface area contributed by atoms with E-state index in [2.05, 4.69) is 24.5 Å². The molecular formula is C85H162N2O21. The Morgan fingerprint density at radius 3 is 1.16 bits per heavy atom. The summed E-state index contributed by atoms with van der Waals surface area (Å²) in [6, 6.07) is -2.53. The monoisotopic (exact) mass is 1550 g/mol. The van der Waals surface area contributed by atoms with Crippen LogP contribution in [0.15, 0.2) is 0 Å². The van der Waals surface area contributed by atoms with E-state index in [1.54, 1.807) is 0 Å². The Hall–Kier alpha value is -2.27. The number of carbonyl (C=O) groups is 3. The van der Waals surface area contributed by atoms with Crippen LogP contribution in [-0.4, -0.2) is 215 Å². The van der Waals surface area contributed by atoms with Gasteiger partial charge in [0.1, 0.15) is 67.1 Å². The van der Waals surface area contributed by atoms with Crippen molar-refractivity contribution >= 4 is 17.8 Å². The molecule has 23 nitrogen and oxygen atoms in total. The Morgan fingerprint density at radius 2 is 0.806 bits per heavy atom. The van der Waals surface area contributed by atoms with E-state index < -0.39 is 148 Å². The molecule has 0 aromatic rings. The van der Waals surface area contributed by atoms with Gasteiger partial charge in [0, 0.05) is 19.8 Å². The number of carboxylic acids is 1. The first-order chi connectivity index (χ1) is 52.4. The smallest absolute Gasteiger partial charge is 0.364 e. The first-order valence-electron chi connectivity index (χ1n) is 44.4. The van der Waals surface area contributed by atoms with E-state index in [0.29, 0.717) is 19.3 Å². The van der Waals surface area contributed by atoms with Crippen LogP contribution in [0.2, 0.25) is 0 Å². The highest BCUT2D eigenvalue weighted by Crippen LogP contribution is 2.39. The number of aliphatic hydroxyl groups excluding tert-OH is 11. The first kappa shape index (κ1) is 99.9. The lowest BCUT2D eigenvalue weighted by atomic mass is 9.88. The Morgan fingerprint density at radius 1 is 0.444 bits per heavy atom. The number of unbranched alkanes of at least 4 members (excludes halogenated alkanes) is 52. The molecule has 3 heterocycles. The van der Waals surface area contributed by atoms with Crippen molar-refractivity contribution in [2.75, 3.05) is 26.4 Å². The molecule has 3 rings (SSSR count). The Kier molecular flexibility index (Phi) is 59.2. The molecule has 0 bridgehead atoms. The van der Waals surface area contributed by atoms with Crippen molar-refractivity contribution in [1.82, 2.24) is 10.6 Å². The Bertz CT molecular complexity index is 2140. The number of amides is 2. The van der Waals surface area contributed by atoms with Crippen LogP contribution in [0.4, 0.5) is 0 Å². The fourth-order valence-corrected chi connectivity index (χ4v) is 15.8. The van der Waals surface area contributed by atoms with E-state index >= 15 is 0 Å². The fraction of sp³-hybridized carbons (Fsp3) is 0.965. The number of hydrogen-bond acceptors (Lipinski definition) is 20. The second-order valence-electron chi connectivity index (χ2n) is 32.5. The van der Waals surface area contributed by atoms with Crippen LogP contribution in [0.5, 0.6) is 0 Å². The molecule has 108 heavy (non-hydrogen) atoms. The zero-order valence-electron chi connectivity index (χ0n) is 68.0. The second-order valence-corrected chi connectivity index (χ2v) is 32.5. The van der Waals surface area contributed by atoms with Gasteiger partial charge in [-0.3, -0.25) is 9.59 Å². The van der Waals surface area contributed by atoms with Gasteiger partial charge in [0.15, 0.2) is 12.6 Å². The number of hydrogen-bond donors (Lipinski definition) is 14. The molecule has 0 aromatic carbocycles. The zero-order valence-corrected chi connectivity index (χ0v) is 68.0. The van der Waals surface area contributed by atoms with Crippen LogP contribution in [0.1, 0.15) is 387 Å². The normalized spacial score (nSPS) is 25.8. The van der Waals surface area contributed by atoms with Crippen molar-refractivity contribution in [1.29, 1.82) is 0 Å². The molecule has 0 saturated carbocycles. The summed E-state index contributed by atoms with van der Waals surface area (Å²) in [5.41, 5.74) is 0. The van der Waals surface area contributed by atoms with Gasteiger partial charge in [0.2, 0.25) is 11.8 Å². The largest absolute Gasteiger partial charge is 0.477 e. The van der Waals surface area contributed by atoms with Gasteiger partial charge < -0.3 is 100 Å². The van der Waals surface area contributed by atoms with Gasteiger partial charge in [-0.05, 0) is 12.8 Å². The number of carbonyl (C=O) groups excluding carboxylic acids is 2. The van der Waals surface area contributed by atoms with Gasteiger partial charge in [-0.2, -0.15) is 0 Å². The number of carboxylic acid groups (broad SMARTS) is 1. The third kappa shape index (κ3) is 42.9. The fourth-order valence-electron chi connectivity index (χ4n) is 15.8. The molecule has 23 heteroatoms. The van der Waals surface area contributed by atoms with Crippen LogP contribution < -0.4 is 10.6 Å². The minimum Gasteiger partial charge on any atom is -0.477 e. The highest BCUT2D eigenvalue weighted by atomic mass is 16.8. The van der Waals surface area contributed by atoms with Gasteiger partial charge in [-0.25, -0.2) is 4.79 Å². The lowest BCUT2D eigenvalue weighted by Gasteiger charge is -2.50. The van der Waals surface area contributed by atoms with Gasteiger partial charge in [0.25, 0.3) is 5.79 Å². The first-order valence-corrected chi connectivity index (χ1v) is 44.4. The average Bonchev–Trinajstić information content (AvgIpc) is 0.755. The van der Waals surface area contributed by atoms with E-state index in [1.807, 2.05) is 0 Å². The van der Waals surface area contributed by atoms with Crippen molar-refractivity contribution in [3.8, 4) is 0 Å². The summed E-state index contributed by atoms with van der Waals surface area (Å²) in [4.78, 5) is 38.8. The summed E-state index contributed by atoms with van der Waals surface area (Å²) in [6.45, 7) is 2.29. The summed E-state index contributed by atoms with van der Waals surface area (Å²) < 4.78 is 35.1. The van der Waals surface area contributed by atoms with E-state index in [-0.39, 0.29) is 18.9 Å². The minimum atomic E-state index is -3.08. The summed E-state index contributed by atoms with van der Waals surface area (Å²) >= 11 is 0. The number of aliphatic hydroxyl groups is 11. The highest BCUT2D eigenvalue weighted by molar-refractivity contribution is 5.77. The lowest BCUT2D eigenvalue weighted by Crippen LogP contribution is -2.70. The maximum absolute atomic E-state index is 13.6. The molecule has 0 aromatic heterocycles. The molecule has 14 N–H and O–H groups in total. The number of ether oxygens (including phenoxy) is 6. The predicted octanol–water partition coefficient (Wildman–Crippen LogP) is 13.5. The molecule has 3 aliphatic heterocycles. The highest BCUT2D eigenvalue weighted by Gasteiger charge is 2.60. The third-order valence-corrected chi connectivity index (χ3v) is 22.8. The maximum Gasteiger partial charge on any atom is 0.364 e. The summed E-state index contributed by atoms with van der Waals surface area (Å²) in [6.07, 6.45) is 41.0. The van der Waals surface area contributed by atoms with Crippen LogP contribution in [0, 0.1) is 0 Å². The molecule has 18 unspecified atom stereocenters. The second kappa shape index (κ2) is 64.0. The zero-order chi connectivity index (χ0) is 78.8. The molecule has 3 saturated heterocycles. The van der Waals surface area contributed by atoms with Gasteiger partial charge in [0.05, 0.1) is 50.7 Å². The van der Waals surface area contributed by atoms with Crippen molar-refractivity contribution in [3.05, 3.63) is 0 Å². The van der Waals surface area contributed by atoms with E-state index in [9.17, 15) is 75.7 Å². The molecule has 638 valence electrons. The number of nitrogens with one attached hydrogen (secondary N) is 2. The van der Waals surface area contributed by atoms with Crippen molar-refractivity contribution in [2.24, 2.45) is 0 Å². The van der Waals surface area contributed by atoms with Crippen molar-refractivity contribution in [3.63, 3.8) is 0 Å². The molecule has 3 fully saturated rings. The van der Waals surface area contributed by atoms with Crippen LogP contribution in [-0.2, 0) is 42.8 Å². The van der Waals surface area contributed by atoms with Gasteiger partial charge >= 0.3 is 5.97 Å². The molecular weight excluding hydrogens is 1380 g/mol. The van der Waals surface area contributed by atoms with Crippen molar-refractivity contribution < 1.29 is 104 Å². The summed E-state index contributed by atoms with van der Waals surface area (Å²) in [5.74, 6) is -6.08. The molecule has 0 spiro atoms. The quantitative estimate of drug-likeness (QED) is 0.0252. The minimum absolute atomic E-state index is 0.230. The SMILES string of the molecule is CCCCCCCCCCCCCCCCCCCCCCCCCCCCCCCCC(=O)NC(COC1OC(CO)C(OC2OC(CO)C(O)C(OC3(C(=O)O)CC(O)C(NC(C)=O)C(C(O)C(O)CO)O3)C2O)C(O)C1O)C(O)CCCCCCCCCCCCCCCCCCCCCCCCCC. The average molecular weight is 1550 g/mol. The van der Waals surface area contributed by atoms with Crippen LogP contribution in [0.25, 0.3) is 0 Å². The number of rotatable bonds is 72. The molecule has 3 aliphatic rings. The third-order valence-electron chi connectivity index (χ3n) is 22.8. The van der Waals surface area contributed by atoms with E-state index in [4.69, 9.17) is 28.4 Å². The summed E-state index contributed by atoms with van der Waals surface area (Å²) in [5, 5.41) is 137. The molecule has 0 radical (unpaired) electrons. The summed E-state index contributed by atoms with van der Waals surface area (Å²) in [7, 11) is 0. The molecule has 18 atom stereocenters. The predicted molar refractivity (Wildman–Crippen MR) is 422 cm³/mol. The number of aliphatic carboxylic acids is 1. The van der Waals surface area contributed by atoms with Gasteiger partial charge in [-0.15, -0.1) is 0 Å². The van der Waals surface area contributed by atoms with Gasteiger partial charge in [-0.1, -0.05) is 354 Å². The lowest BCUT2D eigenvalue weighted by molar-refractivity contribution is -0.386. The molecule has 2 amide bonds. The standard InChI is InChI=1S/C85H162N2O21/c1-4-6-8-10-12-14-16-18-20-22-24-26-28-30-31-32-33-34-35-37-39-41-43-45-47-49-51-53-55-57-59-72(95)87-66(67(92)58-56-54-52-50-48-46-44-42-40-38-36-29-27-25-23-21-19-17-15-13-11-9-7-5-2)64-103-82-77(99)76(98)79(71(63-90)105-82)106-83-78(100)81(75(97)70(62-89)104-83)108-85(84(101)102)60-68(93)73(86-65(3)91)80(107-85)74(96)69(94)61-88/h66-71,73-83,88-90,92-94,96-100H,4-64H2,1-3H3,(H,86,91)(H,87,95)(H,101,102).